The number of hydrogen-bond acceptors (Lipinski definition) is 4. The molecule has 1 saturated carbocycles. The highest BCUT2D eigenvalue weighted by Crippen LogP contribution is 2.46. The molecule has 2 aromatic rings. The van der Waals surface area contributed by atoms with Gasteiger partial charge in [0.05, 0.1) is 13.2 Å². The van der Waals surface area contributed by atoms with E-state index in [4.69, 9.17) is 9.47 Å². The third-order valence-electron chi connectivity index (χ3n) is 6.94. The van der Waals surface area contributed by atoms with Crippen molar-refractivity contribution in [1.29, 1.82) is 0 Å². The summed E-state index contributed by atoms with van der Waals surface area (Å²) in [5.41, 5.74) is 2.35. The number of rotatable bonds is 10. The molecular weight excluding hydrogens is 398 g/mol. The van der Waals surface area contributed by atoms with Crippen molar-refractivity contribution in [2.24, 2.45) is 11.8 Å². The predicted molar refractivity (Wildman–Crippen MR) is 128 cm³/mol. The molecule has 0 aromatic heterocycles. The van der Waals surface area contributed by atoms with Crippen molar-refractivity contribution in [2.45, 2.75) is 70.9 Å². The average molecular weight is 436 g/mol. The first kappa shape index (κ1) is 22.8. The zero-order valence-corrected chi connectivity index (χ0v) is 19.5. The van der Waals surface area contributed by atoms with Gasteiger partial charge in [-0.05, 0) is 61.1 Å². The van der Waals surface area contributed by atoms with Crippen LogP contribution in [0.15, 0.2) is 48.5 Å². The van der Waals surface area contributed by atoms with E-state index in [0.717, 1.165) is 69.7 Å². The van der Waals surface area contributed by atoms with Gasteiger partial charge in [-0.25, -0.2) is 0 Å². The van der Waals surface area contributed by atoms with Gasteiger partial charge < -0.3 is 14.8 Å². The van der Waals surface area contributed by atoms with E-state index in [-0.39, 0.29) is 23.9 Å². The molecular formula is C28H37NO3. The monoisotopic (exact) mass is 435 g/mol. The van der Waals surface area contributed by atoms with Crippen molar-refractivity contribution in [3.05, 3.63) is 59.7 Å². The number of fused-ring (bicyclic) bond motifs is 2. The Morgan fingerprint density at radius 3 is 1.59 bits per heavy atom. The summed E-state index contributed by atoms with van der Waals surface area (Å²) in [6, 6.07) is 16.8. The van der Waals surface area contributed by atoms with Gasteiger partial charge in [0.2, 0.25) is 0 Å². The van der Waals surface area contributed by atoms with Crippen LogP contribution in [0.5, 0.6) is 11.5 Å². The molecule has 4 heteroatoms. The Labute approximate surface area is 192 Å². The molecule has 0 unspecified atom stereocenters. The minimum atomic E-state index is 0.0502. The Morgan fingerprint density at radius 2 is 1.19 bits per heavy atom. The Bertz CT molecular complexity index is 792. The molecule has 2 aliphatic rings. The minimum Gasteiger partial charge on any atom is -0.494 e. The second kappa shape index (κ2) is 11.0. The molecule has 1 N–H and O–H groups in total. The summed E-state index contributed by atoms with van der Waals surface area (Å²) in [6.07, 6.45) is 7.44. The Kier molecular flexibility index (Phi) is 7.85. The second-order valence-electron chi connectivity index (χ2n) is 9.21. The molecule has 32 heavy (non-hydrogen) atoms. The van der Waals surface area contributed by atoms with Crippen LogP contribution in [0.2, 0.25) is 0 Å². The van der Waals surface area contributed by atoms with Gasteiger partial charge in [0.1, 0.15) is 17.3 Å². The van der Waals surface area contributed by atoms with Gasteiger partial charge in [0.25, 0.3) is 0 Å². The molecule has 1 aliphatic heterocycles. The first-order valence-corrected chi connectivity index (χ1v) is 12.5. The fourth-order valence-electron chi connectivity index (χ4n) is 5.07. The zero-order chi connectivity index (χ0) is 22.3. The topological polar surface area (TPSA) is 47.6 Å². The Balaban J connectivity index is 1.50. The zero-order valence-electron chi connectivity index (χ0n) is 19.5. The summed E-state index contributed by atoms with van der Waals surface area (Å²) in [4.78, 5) is 13.4. The Hall–Kier alpha value is -2.33. The highest BCUT2D eigenvalue weighted by Gasteiger charge is 2.46. The van der Waals surface area contributed by atoms with Gasteiger partial charge in [0.15, 0.2) is 0 Å². The van der Waals surface area contributed by atoms with Crippen molar-refractivity contribution in [1.82, 2.24) is 5.32 Å². The molecule has 1 heterocycles. The molecule has 4 nitrogen and oxygen atoms in total. The molecule has 2 fully saturated rings. The maximum Gasteiger partial charge on any atom is 0.142 e. The highest BCUT2D eigenvalue weighted by molar-refractivity contribution is 5.87. The summed E-state index contributed by atoms with van der Waals surface area (Å²) < 4.78 is 11.7. The van der Waals surface area contributed by atoms with Crippen molar-refractivity contribution >= 4 is 5.78 Å². The SMILES string of the molecule is CCCCOc1ccc([C@H]2N[C@H](c3ccc(OCCCC)cc3)[C@H]3CCC[C@H]2C3=O)cc1. The van der Waals surface area contributed by atoms with Crippen LogP contribution >= 0.6 is 0 Å². The highest BCUT2D eigenvalue weighted by atomic mass is 16.5. The van der Waals surface area contributed by atoms with Crippen molar-refractivity contribution in [2.75, 3.05) is 13.2 Å². The number of carbonyl (C=O) groups excluding carboxylic acids is 1. The number of piperidine rings is 1. The first-order valence-electron chi connectivity index (χ1n) is 12.5. The van der Waals surface area contributed by atoms with E-state index in [1.165, 1.54) is 11.1 Å². The average Bonchev–Trinajstić information content (AvgIpc) is 2.81. The number of ketones is 1. The van der Waals surface area contributed by atoms with Crippen LogP contribution in [0.25, 0.3) is 0 Å². The molecule has 0 amide bonds. The minimum absolute atomic E-state index is 0.0502. The van der Waals surface area contributed by atoms with E-state index in [0.29, 0.717) is 5.78 Å². The standard InChI is InChI=1S/C28H37NO3/c1-3-5-18-31-22-14-10-20(11-15-22)26-24-8-7-9-25(28(24)30)27(29-26)21-12-16-23(17-13-21)32-19-6-4-2/h10-17,24-27,29H,3-9,18-19H2,1-2H3/t24-,25-,26-,27-/m1/s1. The molecule has 172 valence electrons. The molecule has 0 radical (unpaired) electrons. The second-order valence-corrected chi connectivity index (χ2v) is 9.21. The van der Waals surface area contributed by atoms with Crippen LogP contribution in [0, 0.1) is 11.8 Å². The van der Waals surface area contributed by atoms with Gasteiger partial charge in [-0.15, -0.1) is 0 Å². The number of Topliss-reactive ketones (excluding diaryl/α,β-unsaturated/α-hetero) is 1. The first-order chi connectivity index (χ1) is 15.7. The van der Waals surface area contributed by atoms with E-state index in [1.54, 1.807) is 0 Å². The summed E-state index contributed by atoms with van der Waals surface area (Å²) in [6.45, 7) is 5.83. The van der Waals surface area contributed by atoms with Gasteiger partial charge in [0, 0.05) is 23.9 Å². The molecule has 2 bridgehead atoms. The molecule has 4 atom stereocenters. The van der Waals surface area contributed by atoms with Gasteiger partial charge >= 0.3 is 0 Å². The largest absolute Gasteiger partial charge is 0.494 e. The van der Waals surface area contributed by atoms with Crippen molar-refractivity contribution in [3.8, 4) is 11.5 Å². The van der Waals surface area contributed by atoms with Gasteiger partial charge in [-0.2, -0.15) is 0 Å². The summed E-state index contributed by atoms with van der Waals surface area (Å²) in [5, 5.41) is 3.86. The number of carbonyl (C=O) groups is 1. The van der Waals surface area contributed by atoms with Crippen molar-refractivity contribution in [3.63, 3.8) is 0 Å². The van der Waals surface area contributed by atoms with E-state index in [9.17, 15) is 4.79 Å². The number of benzene rings is 2. The van der Waals surface area contributed by atoms with Gasteiger partial charge in [-0.1, -0.05) is 57.4 Å². The lowest BCUT2D eigenvalue weighted by Crippen LogP contribution is -2.50. The van der Waals surface area contributed by atoms with Crippen molar-refractivity contribution < 1.29 is 14.3 Å². The van der Waals surface area contributed by atoms with Crippen LogP contribution in [0.3, 0.4) is 0 Å². The molecule has 4 rings (SSSR count). The smallest absolute Gasteiger partial charge is 0.142 e. The van der Waals surface area contributed by atoms with E-state index >= 15 is 0 Å². The predicted octanol–water partition coefficient (Wildman–Crippen LogP) is 6.42. The lowest BCUT2D eigenvalue weighted by molar-refractivity contribution is -0.135. The van der Waals surface area contributed by atoms with E-state index < -0.39 is 0 Å². The molecule has 1 aliphatic carbocycles. The van der Waals surface area contributed by atoms with Gasteiger partial charge in [-0.3, -0.25) is 4.79 Å². The van der Waals surface area contributed by atoms with Crippen LogP contribution in [0.4, 0.5) is 0 Å². The lowest BCUT2D eigenvalue weighted by atomic mass is 9.67. The quantitative estimate of drug-likeness (QED) is 0.438. The summed E-state index contributed by atoms with van der Waals surface area (Å²) in [7, 11) is 0. The summed E-state index contributed by atoms with van der Waals surface area (Å²) >= 11 is 0. The van der Waals surface area contributed by atoms with E-state index in [1.807, 2.05) is 24.3 Å². The Morgan fingerprint density at radius 1 is 0.750 bits per heavy atom. The third-order valence-corrected chi connectivity index (χ3v) is 6.94. The molecule has 0 spiro atoms. The number of hydrogen-bond donors (Lipinski definition) is 1. The molecule has 2 aromatic carbocycles. The lowest BCUT2D eigenvalue weighted by Gasteiger charge is -2.45. The maximum atomic E-state index is 13.4. The van der Waals surface area contributed by atoms with Crippen LogP contribution in [-0.2, 0) is 4.79 Å². The normalized spacial score (nSPS) is 24.9. The molecule has 1 saturated heterocycles. The van der Waals surface area contributed by atoms with Crippen LogP contribution in [-0.4, -0.2) is 19.0 Å². The number of nitrogens with one attached hydrogen (secondary N) is 1. The van der Waals surface area contributed by atoms with E-state index in [2.05, 4.69) is 43.4 Å². The fraction of sp³-hybridized carbons (Fsp3) is 0.536. The number of unbranched alkanes of at least 4 members (excludes halogenated alkanes) is 2. The summed E-state index contributed by atoms with van der Waals surface area (Å²) in [5.74, 6) is 2.36. The third kappa shape index (κ3) is 5.17. The fourth-order valence-corrected chi connectivity index (χ4v) is 5.07. The number of ether oxygens (including phenoxy) is 2. The maximum absolute atomic E-state index is 13.4. The van der Waals surface area contributed by atoms with Crippen LogP contribution in [0.1, 0.15) is 82.0 Å². The van der Waals surface area contributed by atoms with Crippen LogP contribution < -0.4 is 14.8 Å².